The maximum absolute atomic E-state index is 13.4. The highest BCUT2D eigenvalue weighted by molar-refractivity contribution is 7.91. The molecule has 0 saturated carbocycles. The van der Waals surface area contributed by atoms with Gasteiger partial charge in [0.25, 0.3) is 0 Å². The van der Waals surface area contributed by atoms with E-state index in [1.807, 2.05) is 6.07 Å². The second kappa shape index (κ2) is 11.1. The van der Waals surface area contributed by atoms with Gasteiger partial charge in [-0.05, 0) is 81.4 Å². The Morgan fingerprint density at radius 1 is 1.08 bits per heavy atom. The monoisotopic (exact) mass is 532 g/mol. The smallest absolute Gasteiger partial charge is 0.382 e. The molecule has 0 atom stereocenters. The second-order valence-electron chi connectivity index (χ2n) is 9.27. The predicted molar refractivity (Wildman–Crippen MR) is 142 cm³/mol. The zero-order valence-electron chi connectivity index (χ0n) is 20.9. The summed E-state index contributed by atoms with van der Waals surface area (Å²) in [4.78, 5) is 2.51. The summed E-state index contributed by atoms with van der Waals surface area (Å²) in [5.41, 5.74) is 2.26. The molecular weight excluding hydrogens is 501 g/mol. The van der Waals surface area contributed by atoms with Gasteiger partial charge in [-0.15, -0.1) is 0 Å². The van der Waals surface area contributed by atoms with E-state index in [2.05, 4.69) is 34.4 Å². The lowest BCUT2D eigenvalue weighted by Gasteiger charge is -2.30. The van der Waals surface area contributed by atoms with Crippen molar-refractivity contribution in [3.8, 4) is 11.8 Å². The maximum atomic E-state index is 13.4. The third-order valence-corrected chi connectivity index (χ3v) is 8.30. The first kappa shape index (κ1) is 26.9. The van der Waals surface area contributed by atoms with Crippen molar-refractivity contribution in [2.45, 2.75) is 43.4 Å². The maximum Gasteiger partial charge on any atom is 0.406 e. The van der Waals surface area contributed by atoms with Crippen LogP contribution in [0.4, 0.5) is 24.5 Å². The summed E-state index contributed by atoms with van der Waals surface area (Å²) in [6, 6.07) is 13.7. The fourth-order valence-electron chi connectivity index (χ4n) is 4.46. The number of benzene rings is 2. The minimum absolute atomic E-state index is 0.0202. The minimum Gasteiger partial charge on any atom is -0.382 e. The van der Waals surface area contributed by atoms with E-state index < -0.39 is 22.6 Å². The molecule has 0 spiro atoms. The van der Waals surface area contributed by atoms with Crippen LogP contribution in [0, 0.1) is 11.8 Å². The highest BCUT2D eigenvalue weighted by Gasteiger charge is 2.30. The summed E-state index contributed by atoms with van der Waals surface area (Å²) in [5, 5.41) is 7.32. The lowest BCUT2D eigenvalue weighted by Crippen LogP contribution is -2.36. The van der Waals surface area contributed by atoms with E-state index >= 15 is 0 Å². The number of hydrogen-bond donors (Lipinski definition) is 2. The Morgan fingerprint density at radius 3 is 2.43 bits per heavy atom. The van der Waals surface area contributed by atoms with Gasteiger partial charge >= 0.3 is 6.18 Å². The van der Waals surface area contributed by atoms with Crippen molar-refractivity contribution in [1.29, 1.82) is 0 Å². The van der Waals surface area contributed by atoms with Crippen molar-refractivity contribution in [3.05, 3.63) is 54.2 Å². The number of sulfone groups is 1. The number of hydrogen-bond acceptors (Lipinski definition) is 5. The zero-order valence-corrected chi connectivity index (χ0v) is 21.7. The second-order valence-corrected chi connectivity index (χ2v) is 11.6. The van der Waals surface area contributed by atoms with Crippen molar-refractivity contribution in [1.82, 2.24) is 9.47 Å². The molecule has 2 heterocycles. The molecule has 198 valence electrons. The van der Waals surface area contributed by atoms with Crippen molar-refractivity contribution < 1.29 is 21.6 Å². The molecule has 1 saturated heterocycles. The number of nitrogens with zero attached hydrogens (tertiary/aromatic N) is 2. The van der Waals surface area contributed by atoms with Gasteiger partial charge in [-0.25, -0.2) is 8.42 Å². The number of rotatable bonds is 7. The fraction of sp³-hybridized carbons (Fsp3) is 0.407. The van der Waals surface area contributed by atoms with E-state index in [1.165, 1.54) is 16.7 Å². The number of nitrogens with one attached hydrogen (secondary N) is 2. The molecule has 1 aliphatic rings. The van der Waals surface area contributed by atoms with Crippen LogP contribution in [0.15, 0.2) is 53.4 Å². The first-order chi connectivity index (χ1) is 17.6. The molecule has 1 fully saturated rings. The van der Waals surface area contributed by atoms with Crippen LogP contribution in [0.1, 0.15) is 25.5 Å². The number of likely N-dealkylation sites (tertiary alicyclic amines) is 1. The molecule has 0 bridgehead atoms. The molecule has 10 heteroatoms. The molecule has 0 aliphatic carbocycles. The summed E-state index contributed by atoms with van der Waals surface area (Å²) in [6.45, 7) is 2.60. The third kappa shape index (κ3) is 6.79. The lowest BCUT2D eigenvalue weighted by molar-refractivity contribution is -0.140. The Kier molecular flexibility index (Phi) is 8.05. The summed E-state index contributed by atoms with van der Waals surface area (Å²) in [5.74, 6) is 5.82. The molecule has 2 N–H and O–H groups in total. The molecule has 37 heavy (non-hydrogen) atoms. The Morgan fingerprint density at radius 2 is 1.78 bits per heavy atom. The number of aromatic nitrogens is 1. The quantitative estimate of drug-likeness (QED) is 0.421. The van der Waals surface area contributed by atoms with Gasteiger partial charge in [0.2, 0.25) is 0 Å². The van der Waals surface area contributed by atoms with Crippen LogP contribution in [0.2, 0.25) is 0 Å². The van der Waals surface area contributed by atoms with Crippen LogP contribution < -0.4 is 10.6 Å². The average Bonchev–Trinajstić information content (AvgIpc) is 3.20. The minimum atomic E-state index is -4.39. The topological polar surface area (TPSA) is 66.4 Å². The van der Waals surface area contributed by atoms with Gasteiger partial charge in [-0.2, -0.15) is 13.2 Å². The third-order valence-electron chi connectivity index (χ3n) is 6.55. The van der Waals surface area contributed by atoms with Gasteiger partial charge in [-0.3, -0.25) is 0 Å². The Balaban J connectivity index is 1.55. The van der Waals surface area contributed by atoms with E-state index in [0.29, 0.717) is 11.2 Å². The summed E-state index contributed by atoms with van der Waals surface area (Å²) in [6.07, 6.45) is -2.45. The van der Waals surface area contributed by atoms with Gasteiger partial charge in [0, 0.05) is 22.8 Å². The first-order valence-electron chi connectivity index (χ1n) is 12.3. The van der Waals surface area contributed by atoms with Crippen LogP contribution in [0.3, 0.4) is 0 Å². The Labute approximate surface area is 215 Å². The molecule has 1 aromatic heterocycles. The number of piperidine rings is 1. The van der Waals surface area contributed by atoms with E-state index in [-0.39, 0.29) is 28.9 Å². The van der Waals surface area contributed by atoms with Gasteiger partial charge in [0.05, 0.1) is 28.4 Å². The van der Waals surface area contributed by atoms with E-state index in [4.69, 9.17) is 0 Å². The highest BCUT2D eigenvalue weighted by atomic mass is 32.2. The van der Waals surface area contributed by atoms with E-state index in [1.54, 1.807) is 37.3 Å². The van der Waals surface area contributed by atoms with Crippen molar-refractivity contribution in [2.75, 3.05) is 43.1 Å². The fourth-order valence-corrected chi connectivity index (χ4v) is 5.35. The van der Waals surface area contributed by atoms with E-state index in [9.17, 15) is 21.6 Å². The number of alkyl halides is 3. The van der Waals surface area contributed by atoms with Crippen LogP contribution in [-0.2, 0) is 16.4 Å². The molecule has 4 rings (SSSR count). The van der Waals surface area contributed by atoms with Crippen LogP contribution in [-0.4, -0.2) is 62.5 Å². The highest BCUT2D eigenvalue weighted by Crippen LogP contribution is 2.31. The number of anilines is 2. The van der Waals surface area contributed by atoms with Crippen LogP contribution >= 0.6 is 0 Å². The zero-order chi connectivity index (χ0) is 26.6. The summed E-state index contributed by atoms with van der Waals surface area (Å²) >= 11 is 0. The number of fused-ring (bicyclic) bond motifs is 1. The molecule has 0 radical (unpaired) electrons. The molecule has 0 amide bonds. The van der Waals surface area contributed by atoms with Crippen LogP contribution in [0.5, 0.6) is 0 Å². The predicted octanol–water partition coefficient (Wildman–Crippen LogP) is 4.97. The molecule has 1 aliphatic heterocycles. The molecular formula is C27H31F3N4O2S. The lowest BCUT2D eigenvalue weighted by atomic mass is 10.0. The molecule has 0 unspecified atom stereocenters. The van der Waals surface area contributed by atoms with Gasteiger partial charge in [0.1, 0.15) is 6.54 Å². The average molecular weight is 533 g/mol. The SMILES string of the molecule is CCS(=O)(=O)c1ccc(NCC#Cc2cc3c(NC4CCN(C)CC4)cccc3n2CC(F)(F)F)cc1. The van der Waals surface area contributed by atoms with Gasteiger partial charge in [0.15, 0.2) is 9.84 Å². The normalized spacial score (nSPS) is 15.4. The first-order valence-corrected chi connectivity index (χ1v) is 13.9. The van der Waals surface area contributed by atoms with Crippen LogP contribution in [0.25, 0.3) is 10.9 Å². The van der Waals surface area contributed by atoms with Crippen molar-refractivity contribution in [3.63, 3.8) is 0 Å². The van der Waals surface area contributed by atoms with E-state index in [0.717, 1.165) is 37.0 Å². The van der Waals surface area contributed by atoms with Gasteiger partial charge < -0.3 is 20.1 Å². The molecule has 2 aromatic carbocycles. The standard InChI is InChI=1S/C27H31F3N4O2S/c1-3-37(35,36)23-11-9-20(10-12-23)31-15-5-6-22-18-24-25(32-21-13-16-33(2)17-14-21)7-4-8-26(24)34(22)19-27(28,29)30/h4,7-12,18,21,31-32H,3,13-17,19H2,1-2H3. The molecule has 6 nitrogen and oxygen atoms in total. The van der Waals surface area contributed by atoms with Crippen molar-refractivity contribution in [2.24, 2.45) is 0 Å². The number of halogens is 3. The van der Waals surface area contributed by atoms with Crippen molar-refractivity contribution >= 4 is 32.1 Å². The summed E-state index contributed by atoms with van der Waals surface area (Å²) < 4.78 is 65.4. The van der Waals surface area contributed by atoms with Gasteiger partial charge in [-0.1, -0.05) is 18.9 Å². The Hall–Kier alpha value is -3.16. The summed E-state index contributed by atoms with van der Waals surface area (Å²) in [7, 11) is -1.20. The Bertz CT molecular complexity index is 1400. The molecule has 3 aromatic rings. The largest absolute Gasteiger partial charge is 0.406 e.